The van der Waals surface area contributed by atoms with Crippen LogP contribution in [0.25, 0.3) is 0 Å². The normalized spacial score (nSPS) is 26.4. The van der Waals surface area contributed by atoms with Crippen LogP contribution in [-0.2, 0) is 9.59 Å². The van der Waals surface area contributed by atoms with Gasteiger partial charge in [0.1, 0.15) is 0 Å². The van der Waals surface area contributed by atoms with Gasteiger partial charge in [0.25, 0.3) is 0 Å². The van der Waals surface area contributed by atoms with E-state index in [9.17, 15) is 9.59 Å². The summed E-state index contributed by atoms with van der Waals surface area (Å²) in [5.74, 6) is 0.557. The predicted octanol–water partition coefficient (Wildman–Crippen LogP) is 2.81. The molecule has 1 aliphatic heterocycles. The SMILES string of the molecule is CC(=O)Nc1ccc(C)c(NC(=O)C2CC3CCCCC3N2)c1. The third kappa shape index (κ3) is 3.72. The van der Waals surface area contributed by atoms with Crippen LogP contribution >= 0.6 is 0 Å². The molecule has 1 saturated carbocycles. The lowest BCUT2D eigenvalue weighted by molar-refractivity contribution is -0.118. The van der Waals surface area contributed by atoms with Crippen molar-refractivity contribution in [3.63, 3.8) is 0 Å². The zero-order chi connectivity index (χ0) is 16.4. The summed E-state index contributed by atoms with van der Waals surface area (Å²) in [7, 11) is 0. The topological polar surface area (TPSA) is 70.2 Å². The number of rotatable bonds is 3. The minimum absolute atomic E-state index is 0.0301. The maximum atomic E-state index is 12.6. The van der Waals surface area contributed by atoms with Gasteiger partial charge in [-0.05, 0) is 49.8 Å². The standard InChI is InChI=1S/C18H25N3O2/c1-11-7-8-14(19-12(2)22)10-16(11)21-18(23)17-9-13-5-3-4-6-15(13)20-17/h7-8,10,13,15,17,20H,3-6,9H2,1-2H3,(H,19,22)(H,21,23). The van der Waals surface area contributed by atoms with Gasteiger partial charge in [-0.15, -0.1) is 0 Å². The Morgan fingerprint density at radius 3 is 2.70 bits per heavy atom. The molecule has 1 aromatic rings. The molecule has 0 radical (unpaired) electrons. The average Bonchev–Trinajstić information content (AvgIpc) is 2.94. The lowest BCUT2D eigenvalue weighted by Crippen LogP contribution is -2.40. The van der Waals surface area contributed by atoms with Gasteiger partial charge in [0.15, 0.2) is 0 Å². The van der Waals surface area contributed by atoms with E-state index in [1.807, 2.05) is 25.1 Å². The summed E-state index contributed by atoms with van der Waals surface area (Å²) in [5, 5.41) is 9.27. The first-order valence-corrected chi connectivity index (χ1v) is 8.48. The maximum absolute atomic E-state index is 12.6. The lowest BCUT2D eigenvalue weighted by Gasteiger charge is -2.24. The number of amides is 2. The van der Waals surface area contributed by atoms with Crippen molar-refractivity contribution in [2.75, 3.05) is 10.6 Å². The van der Waals surface area contributed by atoms with Gasteiger partial charge in [0.2, 0.25) is 11.8 Å². The van der Waals surface area contributed by atoms with Crippen LogP contribution in [0.3, 0.4) is 0 Å². The molecular formula is C18H25N3O2. The highest BCUT2D eigenvalue weighted by Gasteiger charge is 2.38. The highest BCUT2D eigenvalue weighted by Crippen LogP contribution is 2.33. The molecule has 5 heteroatoms. The first-order valence-electron chi connectivity index (χ1n) is 8.48. The molecule has 0 spiro atoms. The van der Waals surface area contributed by atoms with Crippen molar-refractivity contribution >= 4 is 23.2 Å². The number of nitrogens with one attached hydrogen (secondary N) is 3. The zero-order valence-electron chi connectivity index (χ0n) is 13.8. The number of fused-ring (bicyclic) bond motifs is 1. The van der Waals surface area contributed by atoms with Crippen LogP contribution in [0.2, 0.25) is 0 Å². The minimum Gasteiger partial charge on any atom is -0.326 e. The second kappa shape index (κ2) is 6.71. The Hall–Kier alpha value is -1.88. The molecule has 1 aliphatic carbocycles. The van der Waals surface area contributed by atoms with E-state index < -0.39 is 0 Å². The third-order valence-electron chi connectivity index (χ3n) is 5.00. The van der Waals surface area contributed by atoms with Gasteiger partial charge in [-0.1, -0.05) is 18.9 Å². The van der Waals surface area contributed by atoms with E-state index in [1.54, 1.807) is 0 Å². The van der Waals surface area contributed by atoms with Crippen LogP contribution in [0.4, 0.5) is 11.4 Å². The van der Waals surface area contributed by atoms with Crippen molar-refractivity contribution in [3.05, 3.63) is 23.8 Å². The summed E-state index contributed by atoms with van der Waals surface area (Å²) >= 11 is 0. The Bertz CT molecular complexity index is 600. The summed E-state index contributed by atoms with van der Waals surface area (Å²) in [6, 6.07) is 5.96. The number of benzene rings is 1. The molecule has 0 aromatic heterocycles. The number of carbonyl (C=O) groups is 2. The molecule has 1 heterocycles. The lowest BCUT2D eigenvalue weighted by atomic mass is 9.85. The summed E-state index contributed by atoms with van der Waals surface area (Å²) in [6.07, 6.45) is 5.90. The molecule has 0 bridgehead atoms. The van der Waals surface area contributed by atoms with Crippen molar-refractivity contribution in [1.82, 2.24) is 5.32 Å². The molecule has 5 nitrogen and oxygen atoms in total. The van der Waals surface area contributed by atoms with Crippen LogP contribution in [0, 0.1) is 12.8 Å². The van der Waals surface area contributed by atoms with Gasteiger partial charge in [-0.3, -0.25) is 9.59 Å². The molecule has 3 atom stereocenters. The highest BCUT2D eigenvalue weighted by molar-refractivity contribution is 5.97. The van der Waals surface area contributed by atoms with E-state index in [-0.39, 0.29) is 17.9 Å². The Labute approximate surface area is 137 Å². The fraction of sp³-hybridized carbons (Fsp3) is 0.556. The molecule has 1 aromatic carbocycles. The van der Waals surface area contributed by atoms with Crippen molar-refractivity contribution in [1.29, 1.82) is 0 Å². The van der Waals surface area contributed by atoms with E-state index in [2.05, 4.69) is 16.0 Å². The number of carbonyl (C=O) groups excluding carboxylic acids is 2. The molecule has 3 N–H and O–H groups in total. The van der Waals surface area contributed by atoms with Gasteiger partial charge in [0.05, 0.1) is 6.04 Å². The van der Waals surface area contributed by atoms with E-state index in [0.29, 0.717) is 17.6 Å². The van der Waals surface area contributed by atoms with E-state index >= 15 is 0 Å². The highest BCUT2D eigenvalue weighted by atomic mass is 16.2. The van der Waals surface area contributed by atoms with E-state index in [1.165, 1.54) is 32.6 Å². The van der Waals surface area contributed by atoms with Gasteiger partial charge >= 0.3 is 0 Å². The Balaban J connectivity index is 1.66. The number of aryl methyl sites for hydroxylation is 1. The monoisotopic (exact) mass is 315 g/mol. The van der Waals surface area contributed by atoms with Gasteiger partial charge in [0, 0.05) is 24.3 Å². The predicted molar refractivity (Wildman–Crippen MR) is 91.4 cm³/mol. The molecule has 23 heavy (non-hydrogen) atoms. The Morgan fingerprint density at radius 2 is 1.96 bits per heavy atom. The maximum Gasteiger partial charge on any atom is 0.241 e. The molecule has 1 saturated heterocycles. The molecule has 2 amide bonds. The number of hydrogen-bond acceptors (Lipinski definition) is 3. The molecular weight excluding hydrogens is 290 g/mol. The van der Waals surface area contributed by atoms with Gasteiger partial charge in [-0.2, -0.15) is 0 Å². The largest absolute Gasteiger partial charge is 0.326 e. The van der Waals surface area contributed by atoms with Crippen LogP contribution < -0.4 is 16.0 Å². The third-order valence-corrected chi connectivity index (χ3v) is 5.00. The van der Waals surface area contributed by atoms with Crippen LogP contribution in [0.5, 0.6) is 0 Å². The minimum atomic E-state index is -0.118. The van der Waals surface area contributed by atoms with E-state index in [4.69, 9.17) is 0 Å². The first-order chi connectivity index (χ1) is 11.0. The quantitative estimate of drug-likeness (QED) is 0.803. The molecule has 124 valence electrons. The second-order valence-corrected chi connectivity index (χ2v) is 6.81. The molecule has 2 fully saturated rings. The molecule has 3 rings (SSSR count). The van der Waals surface area contributed by atoms with Crippen molar-refractivity contribution in [2.24, 2.45) is 5.92 Å². The Kier molecular flexibility index (Phi) is 4.66. The zero-order valence-corrected chi connectivity index (χ0v) is 13.8. The molecule has 3 unspecified atom stereocenters. The molecule has 2 aliphatic rings. The Morgan fingerprint density at radius 1 is 1.17 bits per heavy atom. The van der Waals surface area contributed by atoms with Crippen LogP contribution in [-0.4, -0.2) is 23.9 Å². The summed E-state index contributed by atoms with van der Waals surface area (Å²) in [4.78, 5) is 23.8. The first kappa shape index (κ1) is 16.0. The summed E-state index contributed by atoms with van der Waals surface area (Å²) in [5.41, 5.74) is 2.45. The fourth-order valence-corrected chi connectivity index (χ4v) is 3.78. The fourth-order valence-electron chi connectivity index (χ4n) is 3.78. The van der Waals surface area contributed by atoms with Crippen molar-refractivity contribution < 1.29 is 9.59 Å². The van der Waals surface area contributed by atoms with Crippen LogP contribution in [0.1, 0.15) is 44.6 Å². The van der Waals surface area contributed by atoms with E-state index in [0.717, 1.165) is 17.7 Å². The summed E-state index contributed by atoms with van der Waals surface area (Å²) in [6.45, 7) is 3.43. The number of anilines is 2. The average molecular weight is 315 g/mol. The van der Waals surface area contributed by atoms with Crippen molar-refractivity contribution in [2.45, 2.75) is 58.0 Å². The number of hydrogen-bond donors (Lipinski definition) is 3. The summed E-state index contributed by atoms with van der Waals surface area (Å²) < 4.78 is 0. The van der Waals surface area contributed by atoms with Gasteiger partial charge < -0.3 is 16.0 Å². The second-order valence-electron chi connectivity index (χ2n) is 6.81. The smallest absolute Gasteiger partial charge is 0.241 e. The van der Waals surface area contributed by atoms with Crippen molar-refractivity contribution in [3.8, 4) is 0 Å². The van der Waals surface area contributed by atoms with Gasteiger partial charge in [-0.25, -0.2) is 0 Å². The van der Waals surface area contributed by atoms with Crippen LogP contribution in [0.15, 0.2) is 18.2 Å².